The molecule has 0 saturated carbocycles. The van der Waals surface area contributed by atoms with Gasteiger partial charge >= 0.3 is 6.18 Å². The van der Waals surface area contributed by atoms with Gasteiger partial charge in [-0.25, -0.2) is 0 Å². The van der Waals surface area contributed by atoms with Crippen LogP contribution in [0.1, 0.15) is 20.3 Å². The molecule has 0 fully saturated rings. The molecule has 1 aromatic carbocycles. The minimum atomic E-state index is -4.18. The van der Waals surface area contributed by atoms with Crippen LogP contribution < -0.4 is 20.1 Å². The largest absolute Gasteiger partial charge is 0.493 e. The van der Waals surface area contributed by atoms with Gasteiger partial charge in [-0.1, -0.05) is 0 Å². The summed E-state index contributed by atoms with van der Waals surface area (Å²) in [7, 11) is 3.02. The number of benzene rings is 1. The summed E-state index contributed by atoms with van der Waals surface area (Å²) >= 11 is 0. The van der Waals surface area contributed by atoms with E-state index in [1.165, 1.54) is 11.9 Å². The number of aliphatic imine (C=N–C) groups is 1. The molecule has 0 aliphatic carbocycles. The molecule has 2 N–H and O–H groups in total. The quantitative estimate of drug-likeness (QED) is 0.213. The zero-order valence-electron chi connectivity index (χ0n) is 16.7. The highest BCUT2D eigenvalue weighted by molar-refractivity contribution is 14.0. The summed E-state index contributed by atoms with van der Waals surface area (Å²) in [5.74, 6) is 1.81. The maximum absolute atomic E-state index is 12.3. The van der Waals surface area contributed by atoms with E-state index in [0.717, 1.165) is 5.69 Å². The summed E-state index contributed by atoms with van der Waals surface area (Å²) in [6.07, 6.45) is -3.66. The minimum absolute atomic E-state index is 0. The van der Waals surface area contributed by atoms with E-state index in [1.807, 2.05) is 19.9 Å². The predicted octanol–water partition coefficient (Wildman–Crippen LogP) is 3.97. The summed E-state index contributed by atoms with van der Waals surface area (Å²) in [6, 6.07) is 5.45. The molecule has 0 radical (unpaired) electrons. The number of alkyl halides is 3. The Hall–Kier alpha value is -1.43. The fourth-order valence-electron chi connectivity index (χ4n) is 2.38. The molecule has 1 aromatic rings. The molecule has 10 heteroatoms. The lowest BCUT2D eigenvalue weighted by atomic mass is 10.2. The van der Waals surface area contributed by atoms with Crippen molar-refractivity contribution in [2.45, 2.75) is 26.4 Å². The van der Waals surface area contributed by atoms with Crippen molar-refractivity contribution in [1.29, 1.82) is 0 Å². The topological polar surface area (TPSA) is 58.1 Å². The Balaban J connectivity index is 0.00000729. The Morgan fingerprint density at radius 1 is 1.21 bits per heavy atom. The van der Waals surface area contributed by atoms with E-state index in [9.17, 15) is 13.2 Å². The third-order valence-electron chi connectivity index (χ3n) is 3.49. The molecule has 0 atom stereocenters. The molecule has 0 aliphatic heterocycles. The molecule has 0 aliphatic rings. The molecule has 0 saturated heterocycles. The van der Waals surface area contributed by atoms with Crippen molar-refractivity contribution in [2.75, 3.05) is 52.3 Å². The van der Waals surface area contributed by atoms with Gasteiger partial charge in [0.05, 0.1) is 20.3 Å². The first kappa shape index (κ1) is 26.6. The normalized spacial score (nSPS) is 11.8. The smallest absolute Gasteiger partial charge is 0.401 e. The van der Waals surface area contributed by atoms with E-state index < -0.39 is 12.7 Å². The van der Waals surface area contributed by atoms with Crippen LogP contribution in [0, 0.1) is 0 Å². The molecular weight excluding hydrogens is 488 g/mol. The maximum Gasteiger partial charge on any atom is 0.401 e. The molecule has 0 amide bonds. The zero-order chi connectivity index (χ0) is 20.3. The first-order chi connectivity index (χ1) is 12.8. The van der Waals surface area contributed by atoms with Gasteiger partial charge < -0.3 is 20.1 Å². The summed E-state index contributed by atoms with van der Waals surface area (Å²) in [4.78, 5) is 5.65. The van der Waals surface area contributed by atoms with Crippen molar-refractivity contribution in [3.8, 4) is 11.5 Å². The molecule has 6 nitrogen and oxygen atoms in total. The molecule has 0 spiro atoms. The van der Waals surface area contributed by atoms with E-state index in [2.05, 4.69) is 15.6 Å². The van der Waals surface area contributed by atoms with Crippen LogP contribution in [0.2, 0.25) is 0 Å². The van der Waals surface area contributed by atoms with Crippen LogP contribution >= 0.6 is 24.0 Å². The number of methoxy groups -OCH3 is 1. The van der Waals surface area contributed by atoms with Crippen molar-refractivity contribution >= 4 is 35.6 Å². The van der Waals surface area contributed by atoms with Gasteiger partial charge in [-0.3, -0.25) is 9.89 Å². The standard InChI is InChI=1S/C18H29F3N4O2.HI/c1-5-22-17(23-10-7-11-25(3)13-18(19,20)21)24-14-8-9-15(27-6-2)16(12-14)26-4;/h8-9,12H,5-7,10-11,13H2,1-4H3,(H2,22,23,24);1H. The summed E-state index contributed by atoms with van der Waals surface area (Å²) in [5.41, 5.74) is 0.768. The number of hydrogen-bond donors (Lipinski definition) is 2. The van der Waals surface area contributed by atoms with E-state index in [4.69, 9.17) is 9.47 Å². The number of ether oxygens (including phenoxy) is 2. The van der Waals surface area contributed by atoms with Crippen molar-refractivity contribution in [1.82, 2.24) is 10.2 Å². The zero-order valence-corrected chi connectivity index (χ0v) is 19.1. The van der Waals surface area contributed by atoms with Gasteiger partial charge in [-0.15, -0.1) is 24.0 Å². The molecule has 0 bridgehead atoms. The minimum Gasteiger partial charge on any atom is -0.493 e. The Kier molecular flexibility index (Phi) is 13.0. The number of nitrogens with zero attached hydrogens (tertiary/aromatic N) is 2. The van der Waals surface area contributed by atoms with Crippen molar-refractivity contribution in [3.63, 3.8) is 0 Å². The number of halogens is 4. The number of hydrogen-bond acceptors (Lipinski definition) is 4. The van der Waals surface area contributed by atoms with Crippen molar-refractivity contribution in [3.05, 3.63) is 18.2 Å². The van der Waals surface area contributed by atoms with Crippen LogP contribution in [-0.4, -0.2) is 64.0 Å². The Morgan fingerprint density at radius 3 is 2.50 bits per heavy atom. The number of rotatable bonds is 10. The van der Waals surface area contributed by atoms with E-state index in [-0.39, 0.29) is 24.0 Å². The average molecular weight is 518 g/mol. The summed E-state index contributed by atoms with van der Waals surface area (Å²) in [5, 5.41) is 6.27. The Labute approximate surface area is 181 Å². The van der Waals surface area contributed by atoms with Crippen LogP contribution in [0.25, 0.3) is 0 Å². The van der Waals surface area contributed by atoms with Gasteiger partial charge in [0.15, 0.2) is 17.5 Å². The molecule has 1 rings (SSSR count). The molecule has 162 valence electrons. The van der Waals surface area contributed by atoms with Crippen LogP contribution in [0.5, 0.6) is 11.5 Å². The van der Waals surface area contributed by atoms with Gasteiger partial charge in [0, 0.05) is 24.8 Å². The van der Waals surface area contributed by atoms with Crippen molar-refractivity contribution < 1.29 is 22.6 Å². The van der Waals surface area contributed by atoms with Crippen LogP contribution in [0.15, 0.2) is 23.2 Å². The Bertz CT molecular complexity index is 601. The molecule has 28 heavy (non-hydrogen) atoms. The van der Waals surface area contributed by atoms with Crippen LogP contribution in [-0.2, 0) is 0 Å². The van der Waals surface area contributed by atoms with E-state index in [1.54, 1.807) is 19.2 Å². The number of guanidine groups is 1. The SMILES string of the molecule is CCNC(=NCCCN(C)CC(F)(F)F)Nc1ccc(OCC)c(OC)c1.I. The van der Waals surface area contributed by atoms with Crippen LogP contribution in [0.3, 0.4) is 0 Å². The highest BCUT2D eigenvalue weighted by Crippen LogP contribution is 2.30. The predicted molar refractivity (Wildman–Crippen MR) is 117 cm³/mol. The van der Waals surface area contributed by atoms with Crippen molar-refractivity contribution in [2.24, 2.45) is 4.99 Å². The monoisotopic (exact) mass is 518 g/mol. The van der Waals surface area contributed by atoms with Gasteiger partial charge in [0.2, 0.25) is 0 Å². The second-order valence-electron chi connectivity index (χ2n) is 5.89. The fourth-order valence-corrected chi connectivity index (χ4v) is 2.38. The van der Waals surface area contributed by atoms with E-state index >= 15 is 0 Å². The van der Waals surface area contributed by atoms with Gasteiger partial charge in [0.25, 0.3) is 0 Å². The fraction of sp³-hybridized carbons (Fsp3) is 0.611. The van der Waals surface area contributed by atoms with Gasteiger partial charge in [-0.05, 0) is 46.0 Å². The lowest BCUT2D eigenvalue weighted by Crippen LogP contribution is -2.33. The third kappa shape index (κ3) is 10.8. The molecule has 0 unspecified atom stereocenters. The number of nitrogens with one attached hydrogen (secondary N) is 2. The lowest BCUT2D eigenvalue weighted by Gasteiger charge is -2.18. The third-order valence-corrected chi connectivity index (χ3v) is 3.49. The highest BCUT2D eigenvalue weighted by Gasteiger charge is 2.28. The summed E-state index contributed by atoms with van der Waals surface area (Å²) in [6.45, 7) is 4.84. The molecular formula is C18H30F3IN4O2. The second kappa shape index (κ2) is 13.7. The first-order valence-corrected chi connectivity index (χ1v) is 8.90. The second-order valence-corrected chi connectivity index (χ2v) is 5.89. The van der Waals surface area contributed by atoms with Crippen LogP contribution in [0.4, 0.5) is 18.9 Å². The molecule has 0 heterocycles. The highest BCUT2D eigenvalue weighted by atomic mass is 127. The van der Waals surface area contributed by atoms with Gasteiger partial charge in [-0.2, -0.15) is 13.2 Å². The molecule has 0 aromatic heterocycles. The lowest BCUT2D eigenvalue weighted by molar-refractivity contribution is -0.143. The van der Waals surface area contributed by atoms with Gasteiger partial charge in [0.1, 0.15) is 0 Å². The Morgan fingerprint density at radius 2 is 1.93 bits per heavy atom. The first-order valence-electron chi connectivity index (χ1n) is 8.90. The summed E-state index contributed by atoms with van der Waals surface area (Å²) < 4.78 is 47.8. The maximum atomic E-state index is 12.3. The number of anilines is 1. The van der Waals surface area contributed by atoms with E-state index in [0.29, 0.717) is 50.1 Å². The average Bonchev–Trinajstić information content (AvgIpc) is 2.58.